The van der Waals surface area contributed by atoms with Crippen LogP contribution in [0.3, 0.4) is 0 Å². The van der Waals surface area contributed by atoms with Crippen molar-refractivity contribution in [1.29, 1.82) is 0 Å². The van der Waals surface area contributed by atoms with Crippen LogP contribution in [-0.2, 0) is 4.74 Å². The summed E-state index contributed by atoms with van der Waals surface area (Å²) in [7, 11) is 0. The standard InChI is InChI=1S/C14H22N2O/c1-9-5-4-6-13(11(9)3)14(16-15)12-7-10(2)17-8-12/h4-6,10,12,14,16H,7-8,15H2,1-3H3. The molecule has 3 unspecified atom stereocenters. The fourth-order valence-electron chi connectivity index (χ4n) is 2.67. The monoisotopic (exact) mass is 234 g/mol. The third-order valence-corrected chi connectivity index (χ3v) is 3.86. The smallest absolute Gasteiger partial charge is 0.0551 e. The highest BCUT2D eigenvalue weighted by atomic mass is 16.5. The Morgan fingerprint density at radius 2 is 2.18 bits per heavy atom. The minimum Gasteiger partial charge on any atom is -0.378 e. The molecule has 0 radical (unpaired) electrons. The molecule has 0 amide bonds. The molecule has 1 saturated heterocycles. The van der Waals surface area contributed by atoms with Crippen LogP contribution in [0.1, 0.15) is 36.1 Å². The van der Waals surface area contributed by atoms with Gasteiger partial charge in [-0.2, -0.15) is 0 Å². The molecule has 0 saturated carbocycles. The molecule has 3 heteroatoms. The summed E-state index contributed by atoms with van der Waals surface area (Å²) in [6.45, 7) is 7.22. The van der Waals surface area contributed by atoms with Crippen LogP contribution in [0, 0.1) is 19.8 Å². The van der Waals surface area contributed by atoms with Crippen molar-refractivity contribution >= 4 is 0 Å². The molecule has 1 aromatic rings. The van der Waals surface area contributed by atoms with E-state index in [1.165, 1.54) is 16.7 Å². The van der Waals surface area contributed by atoms with Crippen LogP contribution in [-0.4, -0.2) is 12.7 Å². The first-order valence-corrected chi connectivity index (χ1v) is 6.27. The molecule has 1 aliphatic heterocycles. The third-order valence-electron chi connectivity index (χ3n) is 3.86. The van der Waals surface area contributed by atoms with E-state index in [0.29, 0.717) is 12.0 Å². The Bertz CT molecular complexity index is 392. The number of ether oxygens (including phenoxy) is 1. The van der Waals surface area contributed by atoms with Crippen molar-refractivity contribution in [3.8, 4) is 0 Å². The molecule has 17 heavy (non-hydrogen) atoms. The normalized spacial score (nSPS) is 26.1. The van der Waals surface area contributed by atoms with Crippen molar-refractivity contribution in [2.75, 3.05) is 6.61 Å². The highest BCUT2D eigenvalue weighted by Gasteiger charge is 2.30. The van der Waals surface area contributed by atoms with E-state index in [2.05, 4.69) is 44.4 Å². The van der Waals surface area contributed by atoms with Gasteiger partial charge in [-0.1, -0.05) is 18.2 Å². The van der Waals surface area contributed by atoms with E-state index in [0.717, 1.165) is 13.0 Å². The van der Waals surface area contributed by atoms with Crippen molar-refractivity contribution in [2.24, 2.45) is 11.8 Å². The SMILES string of the molecule is Cc1cccc(C(NN)C2COC(C)C2)c1C. The van der Waals surface area contributed by atoms with Gasteiger partial charge in [-0.25, -0.2) is 0 Å². The summed E-state index contributed by atoms with van der Waals surface area (Å²) in [6.07, 6.45) is 1.42. The molecule has 0 aromatic heterocycles. The lowest BCUT2D eigenvalue weighted by atomic mass is 9.88. The minimum atomic E-state index is 0.194. The summed E-state index contributed by atoms with van der Waals surface area (Å²) >= 11 is 0. The lowest BCUT2D eigenvalue weighted by Gasteiger charge is -2.24. The summed E-state index contributed by atoms with van der Waals surface area (Å²) in [6, 6.07) is 6.59. The second-order valence-electron chi connectivity index (χ2n) is 5.07. The third kappa shape index (κ3) is 2.51. The second kappa shape index (κ2) is 5.17. The average molecular weight is 234 g/mol. The van der Waals surface area contributed by atoms with Gasteiger partial charge in [0.25, 0.3) is 0 Å². The maximum Gasteiger partial charge on any atom is 0.0551 e. The molecule has 94 valence electrons. The molecule has 1 aliphatic rings. The van der Waals surface area contributed by atoms with Crippen LogP contribution < -0.4 is 11.3 Å². The topological polar surface area (TPSA) is 47.3 Å². The predicted molar refractivity (Wildman–Crippen MR) is 69.5 cm³/mol. The van der Waals surface area contributed by atoms with Gasteiger partial charge in [-0.3, -0.25) is 11.3 Å². The van der Waals surface area contributed by atoms with Crippen LogP contribution >= 0.6 is 0 Å². The fourth-order valence-corrected chi connectivity index (χ4v) is 2.67. The molecule has 0 aliphatic carbocycles. The van der Waals surface area contributed by atoms with E-state index in [4.69, 9.17) is 10.6 Å². The average Bonchev–Trinajstić information content (AvgIpc) is 2.72. The lowest BCUT2D eigenvalue weighted by molar-refractivity contribution is 0.117. The number of rotatable bonds is 3. The highest BCUT2D eigenvalue weighted by molar-refractivity contribution is 5.35. The predicted octanol–water partition coefficient (Wildman–Crippen LogP) is 2.23. The van der Waals surface area contributed by atoms with Crippen molar-refractivity contribution in [1.82, 2.24) is 5.43 Å². The summed E-state index contributed by atoms with van der Waals surface area (Å²) in [5.74, 6) is 6.21. The zero-order valence-electron chi connectivity index (χ0n) is 10.9. The lowest BCUT2D eigenvalue weighted by Crippen LogP contribution is -2.34. The number of hydrazine groups is 1. The summed E-state index contributed by atoms with van der Waals surface area (Å²) in [5.41, 5.74) is 6.91. The Hall–Kier alpha value is -0.900. The fraction of sp³-hybridized carbons (Fsp3) is 0.571. The highest BCUT2D eigenvalue weighted by Crippen LogP contribution is 2.33. The van der Waals surface area contributed by atoms with E-state index in [1.807, 2.05) is 0 Å². The van der Waals surface area contributed by atoms with Crippen LogP contribution in [0.2, 0.25) is 0 Å². The maximum atomic E-state index is 5.74. The molecule has 3 N–H and O–H groups in total. The molecule has 1 aromatic carbocycles. The molecule has 1 heterocycles. The van der Waals surface area contributed by atoms with Gasteiger partial charge < -0.3 is 4.74 Å². The first-order chi connectivity index (χ1) is 8.13. The Balaban J connectivity index is 2.26. The Morgan fingerprint density at radius 3 is 2.76 bits per heavy atom. The molecule has 0 spiro atoms. The van der Waals surface area contributed by atoms with Gasteiger partial charge in [0.15, 0.2) is 0 Å². The quantitative estimate of drug-likeness (QED) is 0.623. The van der Waals surface area contributed by atoms with Crippen LogP contribution in [0.5, 0.6) is 0 Å². The number of benzene rings is 1. The van der Waals surface area contributed by atoms with Crippen LogP contribution in [0.25, 0.3) is 0 Å². The van der Waals surface area contributed by atoms with Gasteiger partial charge in [-0.15, -0.1) is 0 Å². The van der Waals surface area contributed by atoms with Gasteiger partial charge in [0.1, 0.15) is 0 Å². The van der Waals surface area contributed by atoms with E-state index in [1.54, 1.807) is 0 Å². The molecule has 2 rings (SSSR count). The molecule has 0 bridgehead atoms. The van der Waals surface area contributed by atoms with E-state index in [9.17, 15) is 0 Å². The van der Waals surface area contributed by atoms with Crippen molar-refractivity contribution in [2.45, 2.75) is 39.3 Å². The van der Waals surface area contributed by atoms with Crippen molar-refractivity contribution in [3.63, 3.8) is 0 Å². The van der Waals surface area contributed by atoms with Gasteiger partial charge in [0.2, 0.25) is 0 Å². The first-order valence-electron chi connectivity index (χ1n) is 6.27. The van der Waals surface area contributed by atoms with Crippen LogP contribution in [0.15, 0.2) is 18.2 Å². The van der Waals surface area contributed by atoms with E-state index >= 15 is 0 Å². The summed E-state index contributed by atoms with van der Waals surface area (Å²) in [5, 5.41) is 0. The number of aryl methyl sites for hydroxylation is 1. The van der Waals surface area contributed by atoms with Gasteiger partial charge in [0.05, 0.1) is 18.8 Å². The van der Waals surface area contributed by atoms with Crippen molar-refractivity contribution in [3.05, 3.63) is 34.9 Å². The summed E-state index contributed by atoms with van der Waals surface area (Å²) < 4.78 is 5.64. The Labute approximate surface area is 103 Å². The van der Waals surface area contributed by atoms with Gasteiger partial charge >= 0.3 is 0 Å². The largest absolute Gasteiger partial charge is 0.378 e. The van der Waals surface area contributed by atoms with E-state index in [-0.39, 0.29) is 6.04 Å². The number of hydrogen-bond donors (Lipinski definition) is 2. The molecular formula is C14H22N2O. The van der Waals surface area contributed by atoms with Crippen LogP contribution in [0.4, 0.5) is 0 Å². The Morgan fingerprint density at radius 1 is 1.41 bits per heavy atom. The molecular weight excluding hydrogens is 212 g/mol. The maximum absolute atomic E-state index is 5.74. The zero-order valence-corrected chi connectivity index (χ0v) is 10.9. The number of hydrogen-bond acceptors (Lipinski definition) is 3. The molecule has 3 atom stereocenters. The zero-order chi connectivity index (χ0) is 12.4. The number of nitrogens with two attached hydrogens (primary N) is 1. The minimum absolute atomic E-state index is 0.194. The number of nitrogens with one attached hydrogen (secondary N) is 1. The summed E-state index contributed by atoms with van der Waals surface area (Å²) in [4.78, 5) is 0. The van der Waals surface area contributed by atoms with E-state index < -0.39 is 0 Å². The van der Waals surface area contributed by atoms with Gasteiger partial charge in [0, 0.05) is 5.92 Å². The Kier molecular flexibility index (Phi) is 3.82. The van der Waals surface area contributed by atoms with Crippen molar-refractivity contribution < 1.29 is 4.74 Å². The molecule has 1 fully saturated rings. The van der Waals surface area contributed by atoms with Gasteiger partial charge in [-0.05, 0) is 43.9 Å². The second-order valence-corrected chi connectivity index (χ2v) is 5.07. The first kappa shape index (κ1) is 12.6. The molecule has 3 nitrogen and oxygen atoms in total.